The van der Waals surface area contributed by atoms with Crippen LogP contribution in [0.1, 0.15) is 30.1 Å². The number of hydrogen-bond donors (Lipinski definition) is 0. The van der Waals surface area contributed by atoms with Crippen molar-refractivity contribution < 1.29 is 0 Å². The standard InChI is InChI=1S/C14H8Cl3N3/c15-10-4-3-8(5-11(10)16)12-9(6-18)13(17)20-14(19-12)7-1-2-7/h3-5,7H,1-2H2. The zero-order valence-corrected chi connectivity index (χ0v) is 12.5. The molecule has 3 rings (SSSR count). The zero-order valence-electron chi connectivity index (χ0n) is 10.2. The lowest BCUT2D eigenvalue weighted by Crippen LogP contribution is -2.00. The minimum absolute atomic E-state index is 0.186. The van der Waals surface area contributed by atoms with Crippen LogP contribution in [-0.2, 0) is 0 Å². The summed E-state index contributed by atoms with van der Waals surface area (Å²) in [4.78, 5) is 8.69. The van der Waals surface area contributed by atoms with E-state index in [-0.39, 0.29) is 10.7 Å². The van der Waals surface area contributed by atoms with Gasteiger partial charge in [0.15, 0.2) is 5.15 Å². The number of aromatic nitrogens is 2. The second kappa shape index (κ2) is 5.21. The Kier molecular flexibility index (Phi) is 3.55. The third-order valence-electron chi connectivity index (χ3n) is 3.13. The van der Waals surface area contributed by atoms with Gasteiger partial charge in [0.05, 0.1) is 15.7 Å². The van der Waals surface area contributed by atoms with Crippen molar-refractivity contribution in [2.75, 3.05) is 0 Å². The van der Waals surface area contributed by atoms with Crippen LogP contribution in [0.25, 0.3) is 11.3 Å². The number of nitrogens with zero attached hydrogens (tertiary/aromatic N) is 3. The molecule has 0 saturated heterocycles. The van der Waals surface area contributed by atoms with E-state index in [2.05, 4.69) is 9.97 Å². The summed E-state index contributed by atoms with van der Waals surface area (Å²) in [5.74, 6) is 1.04. The van der Waals surface area contributed by atoms with E-state index in [4.69, 9.17) is 34.8 Å². The normalized spacial score (nSPS) is 14.1. The lowest BCUT2D eigenvalue weighted by atomic mass is 10.1. The Hall–Kier alpha value is -1.34. The van der Waals surface area contributed by atoms with Crippen LogP contribution in [-0.4, -0.2) is 9.97 Å². The summed E-state index contributed by atoms with van der Waals surface area (Å²) in [5.41, 5.74) is 1.48. The molecule has 6 heteroatoms. The SMILES string of the molecule is N#Cc1c(Cl)nc(C2CC2)nc1-c1ccc(Cl)c(Cl)c1. The highest BCUT2D eigenvalue weighted by atomic mass is 35.5. The molecule has 2 aromatic rings. The van der Waals surface area contributed by atoms with Crippen LogP contribution in [0.5, 0.6) is 0 Å². The Bertz CT molecular complexity index is 733. The van der Waals surface area contributed by atoms with Crippen LogP contribution in [0.15, 0.2) is 18.2 Å². The second-order valence-corrected chi connectivity index (χ2v) is 5.78. The van der Waals surface area contributed by atoms with Crippen LogP contribution in [0.4, 0.5) is 0 Å². The maximum atomic E-state index is 9.26. The molecule has 0 spiro atoms. The fourth-order valence-electron chi connectivity index (χ4n) is 1.93. The number of halogens is 3. The van der Waals surface area contributed by atoms with Crippen LogP contribution in [0.3, 0.4) is 0 Å². The molecule has 0 radical (unpaired) electrons. The maximum absolute atomic E-state index is 9.26. The molecule has 0 unspecified atom stereocenters. The van der Waals surface area contributed by atoms with Crippen LogP contribution >= 0.6 is 34.8 Å². The highest BCUT2D eigenvalue weighted by Gasteiger charge is 2.28. The van der Waals surface area contributed by atoms with Crippen molar-refractivity contribution >= 4 is 34.8 Å². The van der Waals surface area contributed by atoms with E-state index in [0.717, 1.165) is 12.8 Å². The van der Waals surface area contributed by atoms with E-state index < -0.39 is 0 Å². The van der Waals surface area contributed by atoms with Gasteiger partial charge in [-0.1, -0.05) is 40.9 Å². The van der Waals surface area contributed by atoms with E-state index in [1.54, 1.807) is 18.2 Å². The fraction of sp³-hybridized carbons (Fsp3) is 0.214. The third-order valence-corrected chi connectivity index (χ3v) is 4.14. The Labute approximate surface area is 131 Å². The summed E-state index contributed by atoms with van der Waals surface area (Å²) < 4.78 is 0. The summed E-state index contributed by atoms with van der Waals surface area (Å²) in [5, 5.41) is 10.3. The molecule has 1 aliphatic rings. The minimum Gasteiger partial charge on any atom is -0.231 e. The summed E-state index contributed by atoms with van der Waals surface area (Å²) in [7, 11) is 0. The predicted molar refractivity (Wildman–Crippen MR) is 79.2 cm³/mol. The molecule has 20 heavy (non-hydrogen) atoms. The molecule has 100 valence electrons. The highest BCUT2D eigenvalue weighted by molar-refractivity contribution is 6.42. The first kappa shape index (κ1) is 13.6. The number of nitriles is 1. The quantitative estimate of drug-likeness (QED) is 0.742. The summed E-state index contributed by atoms with van der Waals surface area (Å²) >= 11 is 18.0. The van der Waals surface area contributed by atoms with Crippen molar-refractivity contribution in [3.8, 4) is 17.3 Å². The molecule has 1 heterocycles. The van der Waals surface area contributed by atoms with Crippen molar-refractivity contribution in [2.45, 2.75) is 18.8 Å². The third kappa shape index (κ3) is 2.47. The Morgan fingerprint density at radius 1 is 1.10 bits per heavy atom. The van der Waals surface area contributed by atoms with Crippen molar-refractivity contribution in [1.29, 1.82) is 5.26 Å². The van der Waals surface area contributed by atoms with E-state index >= 15 is 0 Å². The molecule has 0 amide bonds. The fourth-order valence-corrected chi connectivity index (χ4v) is 2.44. The van der Waals surface area contributed by atoms with Gasteiger partial charge in [0, 0.05) is 11.5 Å². The van der Waals surface area contributed by atoms with Crippen molar-refractivity contribution in [2.24, 2.45) is 0 Å². The topological polar surface area (TPSA) is 49.6 Å². The van der Waals surface area contributed by atoms with Gasteiger partial charge in [-0.25, -0.2) is 9.97 Å². The number of benzene rings is 1. The van der Waals surface area contributed by atoms with Gasteiger partial charge >= 0.3 is 0 Å². The van der Waals surface area contributed by atoms with Gasteiger partial charge in [-0.15, -0.1) is 0 Å². The smallest absolute Gasteiger partial charge is 0.151 e. The van der Waals surface area contributed by atoms with Gasteiger partial charge in [0.2, 0.25) is 0 Å². The predicted octanol–water partition coefficient (Wildman–Crippen LogP) is 4.85. The Morgan fingerprint density at radius 3 is 2.45 bits per heavy atom. The van der Waals surface area contributed by atoms with Crippen LogP contribution < -0.4 is 0 Å². The Balaban J connectivity index is 2.20. The average molecular weight is 325 g/mol. The van der Waals surface area contributed by atoms with Crippen molar-refractivity contribution in [3.05, 3.63) is 44.8 Å². The average Bonchev–Trinajstić information content (AvgIpc) is 3.25. The maximum Gasteiger partial charge on any atom is 0.151 e. The first-order chi connectivity index (χ1) is 9.60. The number of hydrogen-bond acceptors (Lipinski definition) is 3. The minimum atomic E-state index is 0.186. The van der Waals surface area contributed by atoms with Gasteiger partial charge in [0.1, 0.15) is 17.5 Å². The van der Waals surface area contributed by atoms with Crippen LogP contribution in [0, 0.1) is 11.3 Å². The van der Waals surface area contributed by atoms with E-state index in [1.807, 2.05) is 6.07 Å². The van der Waals surface area contributed by atoms with E-state index in [1.165, 1.54) is 0 Å². The van der Waals surface area contributed by atoms with E-state index in [9.17, 15) is 5.26 Å². The molecule has 3 nitrogen and oxygen atoms in total. The molecule has 1 fully saturated rings. The molecule has 1 aliphatic carbocycles. The van der Waals surface area contributed by atoms with Gasteiger partial charge in [0.25, 0.3) is 0 Å². The first-order valence-electron chi connectivity index (χ1n) is 6.03. The highest BCUT2D eigenvalue weighted by Crippen LogP contribution is 2.40. The largest absolute Gasteiger partial charge is 0.231 e. The molecule has 0 N–H and O–H groups in total. The molecule has 1 aromatic carbocycles. The number of rotatable bonds is 2. The monoisotopic (exact) mass is 323 g/mol. The van der Waals surface area contributed by atoms with Gasteiger partial charge in [-0.3, -0.25) is 0 Å². The van der Waals surface area contributed by atoms with Crippen molar-refractivity contribution in [3.63, 3.8) is 0 Å². The molecule has 0 atom stereocenters. The van der Waals surface area contributed by atoms with Gasteiger partial charge < -0.3 is 0 Å². The van der Waals surface area contributed by atoms with Crippen LogP contribution in [0.2, 0.25) is 15.2 Å². The second-order valence-electron chi connectivity index (χ2n) is 4.61. The molecule has 1 saturated carbocycles. The molecule has 1 aromatic heterocycles. The molecule has 0 aliphatic heterocycles. The van der Waals surface area contributed by atoms with Crippen molar-refractivity contribution in [1.82, 2.24) is 9.97 Å². The van der Waals surface area contributed by atoms with E-state index in [0.29, 0.717) is 33.0 Å². The summed E-state index contributed by atoms with van der Waals surface area (Å²) in [6.07, 6.45) is 2.12. The molecular formula is C14H8Cl3N3. The lowest BCUT2D eigenvalue weighted by molar-refractivity contribution is 0.927. The Morgan fingerprint density at radius 2 is 1.85 bits per heavy atom. The molecule has 0 bridgehead atoms. The van der Waals surface area contributed by atoms with Gasteiger partial charge in [-0.2, -0.15) is 5.26 Å². The van der Waals surface area contributed by atoms with Gasteiger partial charge in [-0.05, 0) is 25.0 Å². The summed E-state index contributed by atoms with van der Waals surface area (Å²) in [6, 6.07) is 7.17. The summed E-state index contributed by atoms with van der Waals surface area (Å²) in [6.45, 7) is 0. The lowest BCUT2D eigenvalue weighted by Gasteiger charge is -2.08. The molecular weight excluding hydrogens is 317 g/mol. The zero-order chi connectivity index (χ0) is 14.3. The first-order valence-corrected chi connectivity index (χ1v) is 7.16.